The van der Waals surface area contributed by atoms with Gasteiger partial charge in [-0.25, -0.2) is 0 Å². The van der Waals surface area contributed by atoms with Crippen molar-refractivity contribution < 1.29 is 24.2 Å². The lowest BCUT2D eigenvalue weighted by Gasteiger charge is -2.25. The maximum Gasteiger partial charge on any atom is 0.295 e. The molecule has 176 valence electrons. The minimum atomic E-state index is -0.795. The first-order chi connectivity index (χ1) is 17.0. The minimum absolute atomic E-state index is 0.0510. The maximum atomic E-state index is 13.4. The monoisotopic (exact) mass is 485 g/mol. The van der Waals surface area contributed by atoms with Gasteiger partial charge in [-0.05, 0) is 39.9 Å². The van der Waals surface area contributed by atoms with Gasteiger partial charge in [0, 0.05) is 10.4 Å². The van der Waals surface area contributed by atoms with Crippen LogP contribution in [0.2, 0.25) is 0 Å². The Labute approximate surface area is 206 Å². The van der Waals surface area contributed by atoms with Crippen LogP contribution in [0.5, 0.6) is 11.5 Å². The van der Waals surface area contributed by atoms with Crippen molar-refractivity contribution in [2.45, 2.75) is 12.6 Å². The number of ether oxygens (including phenoxy) is 2. The second kappa shape index (κ2) is 9.27. The first-order valence-electron chi connectivity index (χ1n) is 11.0. The van der Waals surface area contributed by atoms with Gasteiger partial charge in [-0.2, -0.15) is 0 Å². The zero-order chi connectivity index (χ0) is 24.5. The topological polar surface area (TPSA) is 76.1 Å². The predicted molar refractivity (Wildman–Crippen MR) is 136 cm³/mol. The van der Waals surface area contributed by atoms with Gasteiger partial charge in [-0.3, -0.25) is 9.59 Å². The van der Waals surface area contributed by atoms with Gasteiger partial charge >= 0.3 is 0 Å². The fraction of sp³-hybridized carbons (Fsp3) is 0.143. The Morgan fingerprint density at radius 2 is 1.71 bits per heavy atom. The maximum absolute atomic E-state index is 13.4. The Balaban J connectivity index is 1.73. The van der Waals surface area contributed by atoms with Gasteiger partial charge in [0.1, 0.15) is 5.76 Å². The number of fused-ring (bicyclic) bond motifs is 1. The number of likely N-dealkylation sites (tertiary alicyclic amines) is 1. The fourth-order valence-corrected chi connectivity index (χ4v) is 5.26. The highest BCUT2D eigenvalue weighted by molar-refractivity contribution is 7.09. The van der Waals surface area contributed by atoms with E-state index in [1.165, 1.54) is 23.3 Å². The smallest absolute Gasteiger partial charge is 0.295 e. The molecule has 1 aromatic heterocycles. The van der Waals surface area contributed by atoms with Gasteiger partial charge in [0.2, 0.25) is 0 Å². The molecule has 0 radical (unpaired) electrons. The van der Waals surface area contributed by atoms with E-state index in [1.807, 2.05) is 53.9 Å². The summed E-state index contributed by atoms with van der Waals surface area (Å²) >= 11 is 1.50. The molecule has 2 heterocycles. The van der Waals surface area contributed by atoms with Crippen molar-refractivity contribution in [2.75, 3.05) is 14.2 Å². The van der Waals surface area contributed by atoms with Crippen LogP contribution in [0.4, 0.5) is 0 Å². The van der Waals surface area contributed by atoms with E-state index in [2.05, 4.69) is 0 Å². The van der Waals surface area contributed by atoms with E-state index in [0.717, 1.165) is 15.6 Å². The molecule has 1 N–H and O–H groups in total. The number of rotatable bonds is 6. The van der Waals surface area contributed by atoms with E-state index in [0.29, 0.717) is 22.6 Å². The minimum Gasteiger partial charge on any atom is -0.507 e. The Bertz CT molecular complexity index is 1450. The molecule has 1 unspecified atom stereocenters. The molecule has 4 aromatic rings. The third kappa shape index (κ3) is 3.94. The molecule has 0 aliphatic carbocycles. The summed E-state index contributed by atoms with van der Waals surface area (Å²) in [6.07, 6.45) is 0. The predicted octanol–water partition coefficient (Wildman–Crippen LogP) is 5.54. The molecule has 3 aromatic carbocycles. The number of carbonyl (C=O) groups excluding carboxylic acids is 2. The Hall–Kier alpha value is -4.10. The van der Waals surface area contributed by atoms with Crippen LogP contribution in [0.25, 0.3) is 16.5 Å². The quantitative estimate of drug-likeness (QED) is 0.220. The van der Waals surface area contributed by atoms with Crippen molar-refractivity contribution >= 4 is 39.6 Å². The van der Waals surface area contributed by atoms with Crippen LogP contribution in [-0.2, 0) is 16.1 Å². The zero-order valence-corrected chi connectivity index (χ0v) is 20.0. The number of aliphatic hydroxyl groups is 1. The van der Waals surface area contributed by atoms with Gasteiger partial charge in [0.15, 0.2) is 11.5 Å². The summed E-state index contributed by atoms with van der Waals surface area (Å²) in [7, 11) is 3.07. The highest BCUT2D eigenvalue weighted by atomic mass is 32.1. The van der Waals surface area contributed by atoms with Crippen molar-refractivity contribution in [3.8, 4) is 11.5 Å². The van der Waals surface area contributed by atoms with Crippen LogP contribution in [-0.4, -0.2) is 35.9 Å². The van der Waals surface area contributed by atoms with Gasteiger partial charge in [0.05, 0.1) is 32.4 Å². The zero-order valence-electron chi connectivity index (χ0n) is 19.2. The van der Waals surface area contributed by atoms with Crippen LogP contribution >= 0.6 is 11.3 Å². The molecule has 0 saturated carbocycles. The molecular formula is C28H23NO5S. The van der Waals surface area contributed by atoms with E-state index in [-0.39, 0.29) is 17.9 Å². The van der Waals surface area contributed by atoms with Gasteiger partial charge in [-0.15, -0.1) is 11.3 Å². The number of methoxy groups -OCH3 is 2. The van der Waals surface area contributed by atoms with E-state index < -0.39 is 17.7 Å². The third-order valence-corrected chi connectivity index (χ3v) is 7.08. The molecular weight excluding hydrogens is 462 g/mol. The molecule has 35 heavy (non-hydrogen) atoms. The summed E-state index contributed by atoms with van der Waals surface area (Å²) in [5.74, 6) is -0.572. The lowest BCUT2D eigenvalue weighted by Crippen LogP contribution is -2.28. The molecule has 1 fully saturated rings. The third-order valence-electron chi connectivity index (χ3n) is 6.21. The molecule has 1 amide bonds. The van der Waals surface area contributed by atoms with E-state index in [1.54, 1.807) is 31.4 Å². The molecule has 1 atom stereocenters. The first-order valence-corrected chi connectivity index (χ1v) is 11.9. The highest BCUT2D eigenvalue weighted by Gasteiger charge is 2.46. The largest absolute Gasteiger partial charge is 0.507 e. The number of nitrogens with zero attached hydrogens (tertiary/aromatic N) is 1. The molecule has 7 heteroatoms. The Morgan fingerprint density at radius 1 is 0.943 bits per heavy atom. The number of thiophene rings is 1. The van der Waals surface area contributed by atoms with E-state index in [9.17, 15) is 14.7 Å². The molecule has 1 aliphatic rings. The van der Waals surface area contributed by atoms with E-state index >= 15 is 0 Å². The summed E-state index contributed by atoms with van der Waals surface area (Å²) < 4.78 is 10.8. The van der Waals surface area contributed by atoms with Crippen LogP contribution in [0.3, 0.4) is 0 Å². The number of carbonyl (C=O) groups is 2. The van der Waals surface area contributed by atoms with E-state index in [4.69, 9.17) is 9.47 Å². The summed E-state index contributed by atoms with van der Waals surface area (Å²) in [6.45, 7) is 0.244. The van der Waals surface area contributed by atoms with Crippen molar-refractivity contribution in [1.82, 2.24) is 4.90 Å². The second-order valence-corrected chi connectivity index (χ2v) is 9.18. The fourth-order valence-electron chi connectivity index (χ4n) is 4.56. The standard InChI is InChI=1S/C28H23NO5S/c1-33-22-13-12-18(15-23(22)34-2)25-24(27(31)28(32)29(25)16-19-9-6-14-35-19)26(30)21-11-5-8-17-7-3-4-10-20(17)21/h3-15,25,30H,16H2,1-2H3/b26-24+. The average molecular weight is 486 g/mol. The second-order valence-electron chi connectivity index (χ2n) is 8.15. The average Bonchev–Trinajstić information content (AvgIpc) is 3.50. The normalized spacial score (nSPS) is 17.2. The molecule has 6 nitrogen and oxygen atoms in total. The number of hydrogen-bond donors (Lipinski definition) is 1. The number of aliphatic hydroxyl groups excluding tert-OH is 1. The molecule has 1 saturated heterocycles. The van der Waals surface area contributed by atoms with Gasteiger partial charge in [-0.1, -0.05) is 54.6 Å². The number of benzene rings is 3. The highest BCUT2D eigenvalue weighted by Crippen LogP contribution is 2.43. The molecule has 5 rings (SSSR count). The first kappa shape index (κ1) is 22.7. The van der Waals surface area contributed by atoms with Gasteiger partial charge in [0.25, 0.3) is 11.7 Å². The van der Waals surface area contributed by atoms with Crippen molar-refractivity contribution in [2.24, 2.45) is 0 Å². The Morgan fingerprint density at radius 3 is 2.46 bits per heavy atom. The van der Waals surface area contributed by atoms with Crippen LogP contribution in [0.1, 0.15) is 22.0 Å². The number of ketones is 1. The van der Waals surface area contributed by atoms with Crippen LogP contribution < -0.4 is 9.47 Å². The summed E-state index contributed by atoms with van der Waals surface area (Å²) in [5, 5.41) is 15.2. The SMILES string of the molecule is COc1ccc(C2/C(=C(\O)c3cccc4ccccc34)C(=O)C(=O)N2Cc2cccs2)cc1OC. The van der Waals surface area contributed by atoms with Crippen molar-refractivity contribution in [3.63, 3.8) is 0 Å². The lowest BCUT2D eigenvalue weighted by atomic mass is 9.93. The number of amides is 1. The van der Waals surface area contributed by atoms with Gasteiger partial charge < -0.3 is 19.5 Å². The van der Waals surface area contributed by atoms with Crippen LogP contribution in [0.15, 0.2) is 83.7 Å². The lowest BCUT2D eigenvalue weighted by molar-refractivity contribution is -0.140. The summed E-state index contributed by atoms with van der Waals surface area (Å²) in [6, 6.07) is 21.4. The summed E-state index contributed by atoms with van der Waals surface area (Å²) in [4.78, 5) is 29.1. The molecule has 0 spiro atoms. The molecule has 0 bridgehead atoms. The molecule has 1 aliphatic heterocycles. The Kier molecular flexibility index (Phi) is 6.01. The number of Topliss-reactive ketones (excluding diaryl/α,β-unsaturated/α-hetero) is 1. The number of hydrogen-bond acceptors (Lipinski definition) is 6. The van der Waals surface area contributed by atoms with Crippen molar-refractivity contribution in [3.05, 3.63) is 99.8 Å². The summed E-state index contributed by atoms with van der Waals surface area (Å²) in [5.41, 5.74) is 1.19. The van der Waals surface area contributed by atoms with Crippen LogP contribution in [0, 0.1) is 0 Å². The van der Waals surface area contributed by atoms with Crippen molar-refractivity contribution in [1.29, 1.82) is 0 Å².